The number of thioether (sulfide) groups is 1. The molecule has 0 saturated carbocycles. The topological polar surface area (TPSA) is 233 Å². The summed E-state index contributed by atoms with van der Waals surface area (Å²) in [6, 6.07) is 28.9. The third kappa shape index (κ3) is 16.8. The number of benzene rings is 5. The number of nitrogens with one attached hydrogen (secondary N) is 4. The van der Waals surface area contributed by atoms with E-state index < -0.39 is 82.5 Å². The number of ether oxygens (including phenoxy) is 2. The molecule has 0 aromatic heterocycles. The summed E-state index contributed by atoms with van der Waals surface area (Å²) < 4.78 is 111. The second-order valence-electron chi connectivity index (χ2n) is 23.2. The van der Waals surface area contributed by atoms with Crippen LogP contribution in [0.3, 0.4) is 0 Å². The third-order valence-electron chi connectivity index (χ3n) is 16.2. The van der Waals surface area contributed by atoms with Crippen molar-refractivity contribution in [2.45, 2.75) is 84.7 Å². The summed E-state index contributed by atoms with van der Waals surface area (Å²) in [4.78, 5) is 70.3. The molecule has 0 radical (unpaired) electrons. The van der Waals surface area contributed by atoms with Crippen LogP contribution in [0.2, 0.25) is 5.02 Å². The first-order valence-electron chi connectivity index (χ1n) is 29.3. The van der Waals surface area contributed by atoms with Crippen LogP contribution in [-0.4, -0.2) is 170 Å². The number of hydrogen-bond acceptors (Lipinski definition) is 17. The average Bonchev–Trinajstić information content (AvgIpc) is 1.98. The normalized spacial score (nSPS) is 17.9. The van der Waals surface area contributed by atoms with Gasteiger partial charge in [-0.05, 0) is 141 Å². The van der Waals surface area contributed by atoms with Gasteiger partial charge in [0.15, 0.2) is 0 Å². The fraction of sp³-hybridized carbons (Fsp3) is 0.413. The number of sulfone groups is 1. The van der Waals surface area contributed by atoms with E-state index in [1.807, 2.05) is 59.1 Å². The van der Waals surface area contributed by atoms with Crippen molar-refractivity contribution >= 4 is 95.4 Å². The van der Waals surface area contributed by atoms with Crippen molar-refractivity contribution in [3.63, 3.8) is 0 Å². The number of hydrogen-bond donors (Lipinski definition) is 4. The van der Waals surface area contributed by atoms with Gasteiger partial charge in [0.25, 0.3) is 37.6 Å². The smallest absolute Gasteiger partial charge is 0.382 e. The number of piperazine rings is 1. The molecule has 5 aromatic rings. The van der Waals surface area contributed by atoms with Crippen molar-refractivity contribution in [3.8, 4) is 0 Å². The van der Waals surface area contributed by atoms with Crippen LogP contribution in [0.5, 0.6) is 0 Å². The first kappa shape index (κ1) is 66.6. The zero-order valence-corrected chi connectivity index (χ0v) is 52.8. The molecule has 0 spiro atoms. The highest BCUT2D eigenvalue weighted by Crippen LogP contribution is 2.43. The van der Waals surface area contributed by atoms with Crippen molar-refractivity contribution in [1.82, 2.24) is 24.7 Å². The standard InChI is InChI=1S/C63H72ClF3N8O11S3/c1-62(2)26-24-50(42-12-16-45(64)17-13-42)44(39-62)40-73-29-31-74(32-30-73)47-18-14-43(15-19-47)58(77)71-89(83,84)49-20-21-52(55(38-49)88(81,82)63(65,66)67)69-46(41-87-48-8-5-4-6-9-48)25-28-72(3)33-35-86-37-36-85-34-27-68-53-11-7-10-51-57(53)61(80)75(60(51)79)54-22-23-56(76)70-59(54)78/h4-21,38,46,54,68-69H,22-37,39-41H2,1-3H3,(H,71,77)(H,70,76,78)/t46-,54-/m1/s1. The van der Waals surface area contributed by atoms with Crippen LogP contribution in [0.25, 0.3) is 5.57 Å². The SMILES string of the molecule is CN(CCOCCOCCNc1cccc2c1C(=O)N([C@@H]1CCC(=O)NC1=O)C2=O)CC[C@H](CSc1ccccc1)Nc1ccc(S(=O)(=O)NC(=O)c2ccc(N3CCN(CC4=C(c5ccc(Cl)cc5)CCC(C)(C)C4)CC3)cc2)cc1S(=O)(=O)C(F)(F)F. The summed E-state index contributed by atoms with van der Waals surface area (Å²) >= 11 is 7.59. The molecule has 2 atom stereocenters. The van der Waals surface area contributed by atoms with Gasteiger partial charge in [0.1, 0.15) is 10.9 Å². The molecule has 0 unspecified atom stereocenters. The van der Waals surface area contributed by atoms with E-state index in [0.717, 1.165) is 66.5 Å². The second-order valence-corrected chi connectivity index (χ2v) is 28.3. The Morgan fingerprint density at radius 2 is 1.53 bits per heavy atom. The van der Waals surface area contributed by atoms with E-state index in [2.05, 4.69) is 51.7 Å². The highest BCUT2D eigenvalue weighted by atomic mass is 35.5. The number of imide groups is 2. The van der Waals surface area contributed by atoms with Crippen LogP contribution in [-0.2, 0) is 38.9 Å². The van der Waals surface area contributed by atoms with Crippen molar-refractivity contribution < 1.29 is 63.5 Å². The zero-order chi connectivity index (χ0) is 63.7. The van der Waals surface area contributed by atoms with Gasteiger partial charge < -0.3 is 29.9 Å². The molecule has 4 N–H and O–H groups in total. The lowest BCUT2D eigenvalue weighted by Crippen LogP contribution is -2.54. The molecular weight excluding hydrogens is 1230 g/mol. The van der Waals surface area contributed by atoms with Crippen molar-refractivity contribution in [3.05, 3.63) is 148 Å². The van der Waals surface area contributed by atoms with Crippen LogP contribution in [0.15, 0.2) is 136 Å². The number of rotatable bonds is 27. The minimum Gasteiger partial charge on any atom is -0.382 e. The van der Waals surface area contributed by atoms with E-state index >= 15 is 0 Å². The minimum atomic E-state index is -6.16. The lowest BCUT2D eigenvalue weighted by atomic mass is 9.73. The average molecular weight is 1310 g/mol. The summed E-state index contributed by atoms with van der Waals surface area (Å²) in [5.74, 6) is -3.21. The Kier molecular flexibility index (Phi) is 21.7. The van der Waals surface area contributed by atoms with E-state index in [0.29, 0.717) is 49.4 Å². The first-order valence-corrected chi connectivity index (χ1v) is 33.6. The van der Waals surface area contributed by atoms with Gasteiger partial charge in [-0.25, -0.2) is 21.6 Å². The number of likely N-dealkylation sites (N-methyl/N-ethyl adjacent to an activating group) is 1. The number of anilines is 3. The van der Waals surface area contributed by atoms with Gasteiger partial charge >= 0.3 is 5.51 Å². The van der Waals surface area contributed by atoms with Gasteiger partial charge in [0.2, 0.25) is 11.8 Å². The summed E-state index contributed by atoms with van der Waals surface area (Å²) in [5.41, 5.74) is -0.647. The number of amides is 5. The monoisotopic (exact) mass is 1300 g/mol. The number of allylic oxidation sites excluding steroid dienone is 1. The van der Waals surface area contributed by atoms with Crippen LogP contribution in [0.1, 0.15) is 89.0 Å². The third-order valence-corrected chi connectivity index (χ3v) is 20.4. The summed E-state index contributed by atoms with van der Waals surface area (Å²) in [6.45, 7) is 10.5. The first-order chi connectivity index (χ1) is 42.4. The number of alkyl halides is 3. The lowest BCUT2D eigenvalue weighted by Gasteiger charge is -2.39. The van der Waals surface area contributed by atoms with Crippen LogP contribution >= 0.6 is 23.4 Å². The molecule has 5 amide bonds. The molecule has 4 aliphatic rings. The van der Waals surface area contributed by atoms with Crippen molar-refractivity contribution in [1.29, 1.82) is 0 Å². The molecule has 2 fully saturated rings. The van der Waals surface area contributed by atoms with Crippen LogP contribution in [0, 0.1) is 5.41 Å². The van der Waals surface area contributed by atoms with E-state index in [-0.39, 0.29) is 73.7 Å². The molecule has 3 aliphatic heterocycles. The number of carbonyl (C=O) groups excluding carboxylic acids is 5. The number of halogens is 4. The molecule has 19 nitrogen and oxygen atoms in total. The predicted octanol–water partition coefficient (Wildman–Crippen LogP) is 8.98. The Morgan fingerprint density at radius 3 is 2.22 bits per heavy atom. The Morgan fingerprint density at radius 1 is 0.820 bits per heavy atom. The molecule has 9 rings (SSSR count). The highest BCUT2D eigenvalue weighted by Gasteiger charge is 2.49. The van der Waals surface area contributed by atoms with Gasteiger partial charge in [-0.15, -0.1) is 11.8 Å². The van der Waals surface area contributed by atoms with Crippen molar-refractivity contribution in [2.75, 3.05) is 107 Å². The van der Waals surface area contributed by atoms with Gasteiger partial charge in [-0.3, -0.25) is 39.1 Å². The molecule has 0 bridgehead atoms. The maximum Gasteiger partial charge on any atom is 0.501 e. The summed E-state index contributed by atoms with van der Waals surface area (Å²) in [7, 11) is -9.27. The minimum absolute atomic E-state index is 0.00531. The second kappa shape index (κ2) is 29.0. The molecule has 89 heavy (non-hydrogen) atoms. The van der Waals surface area contributed by atoms with Crippen LogP contribution < -0.4 is 25.6 Å². The molecule has 1 aliphatic carbocycles. The highest BCUT2D eigenvalue weighted by molar-refractivity contribution is 7.99. The van der Waals surface area contributed by atoms with Gasteiger partial charge in [0.05, 0.1) is 48.1 Å². The lowest BCUT2D eigenvalue weighted by molar-refractivity contribution is -0.136. The summed E-state index contributed by atoms with van der Waals surface area (Å²) in [5, 5.41) is 8.97. The molecule has 3 heterocycles. The number of fused-ring (bicyclic) bond motifs is 1. The number of piperidine rings is 1. The Labute approximate surface area is 526 Å². The Balaban J connectivity index is 0.762. The van der Waals surface area contributed by atoms with Crippen molar-refractivity contribution in [2.24, 2.45) is 5.41 Å². The zero-order valence-electron chi connectivity index (χ0n) is 49.6. The quantitative estimate of drug-likeness (QED) is 0.0218. The molecule has 2 saturated heterocycles. The Bertz CT molecular complexity index is 3670. The molecular formula is C63H72ClF3N8O11S3. The number of nitrogens with zero attached hydrogens (tertiary/aromatic N) is 4. The predicted molar refractivity (Wildman–Crippen MR) is 335 cm³/mol. The van der Waals surface area contributed by atoms with E-state index in [9.17, 15) is 54.0 Å². The number of carbonyl (C=O) groups is 5. The fourth-order valence-corrected chi connectivity index (χ4v) is 14.4. The largest absolute Gasteiger partial charge is 0.501 e. The van der Waals surface area contributed by atoms with Crippen LogP contribution in [0.4, 0.5) is 30.2 Å². The van der Waals surface area contributed by atoms with E-state index in [4.69, 9.17) is 21.1 Å². The van der Waals surface area contributed by atoms with E-state index in [1.54, 1.807) is 24.3 Å². The van der Waals surface area contributed by atoms with Gasteiger partial charge in [0, 0.05) is 90.9 Å². The molecule has 26 heteroatoms. The maximum atomic E-state index is 14.4. The van der Waals surface area contributed by atoms with Gasteiger partial charge in [-0.1, -0.05) is 67.4 Å². The van der Waals surface area contributed by atoms with E-state index in [1.165, 1.54) is 46.7 Å². The summed E-state index contributed by atoms with van der Waals surface area (Å²) in [6.07, 6.45) is 3.43. The molecule has 5 aromatic carbocycles. The number of sulfonamides is 1. The van der Waals surface area contributed by atoms with Gasteiger partial charge in [-0.2, -0.15) is 13.2 Å². The maximum absolute atomic E-state index is 14.4. The fourth-order valence-electron chi connectivity index (χ4n) is 11.3. The Hall–Kier alpha value is -6.84. The molecule has 476 valence electrons.